The predicted octanol–water partition coefficient (Wildman–Crippen LogP) is 2.68. The highest BCUT2D eigenvalue weighted by Gasteiger charge is 2.58. The van der Waals surface area contributed by atoms with Crippen molar-refractivity contribution in [3.8, 4) is 12.1 Å². The molecule has 0 aromatic heterocycles. The summed E-state index contributed by atoms with van der Waals surface area (Å²) in [6.07, 6.45) is 6.39. The molecule has 1 atom stereocenters. The lowest BCUT2D eigenvalue weighted by Gasteiger charge is -2.24. The zero-order valence-electron chi connectivity index (χ0n) is 12.5. The highest BCUT2D eigenvalue weighted by atomic mass is 16.6. The summed E-state index contributed by atoms with van der Waals surface area (Å²) in [6.45, 7) is 0. The summed E-state index contributed by atoms with van der Waals surface area (Å²) in [7, 11) is 0. The molecular formula is C18H12N4O2. The van der Waals surface area contributed by atoms with Crippen molar-refractivity contribution in [2.45, 2.75) is 0 Å². The third kappa shape index (κ3) is 1.94. The molecule has 0 bridgehead atoms. The highest BCUT2D eigenvalue weighted by Crippen LogP contribution is 2.56. The van der Waals surface area contributed by atoms with E-state index in [4.69, 9.17) is 5.73 Å². The van der Waals surface area contributed by atoms with Crippen molar-refractivity contribution in [1.29, 1.82) is 10.5 Å². The molecule has 6 nitrogen and oxygen atoms in total. The molecule has 3 rings (SSSR count). The van der Waals surface area contributed by atoms with Gasteiger partial charge in [0, 0.05) is 11.3 Å². The summed E-state index contributed by atoms with van der Waals surface area (Å²) in [5.74, 6) is -0.877. The molecule has 1 aromatic carbocycles. The van der Waals surface area contributed by atoms with Gasteiger partial charge in [0.2, 0.25) is 0 Å². The van der Waals surface area contributed by atoms with Crippen molar-refractivity contribution in [2.24, 2.45) is 17.1 Å². The average molecular weight is 316 g/mol. The van der Waals surface area contributed by atoms with Crippen molar-refractivity contribution in [3.63, 3.8) is 0 Å². The fraction of sp³-hybridized carbons (Fsp3) is 0.111. The second-order valence-corrected chi connectivity index (χ2v) is 5.48. The molecule has 0 spiro atoms. The molecule has 6 heteroatoms. The molecule has 2 N–H and O–H groups in total. The standard InChI is InChI=1S/C18H12N4O2/c19-10-18(11-20)15(12-6-2-1-3-7-12)17(22(23)24)13-8-4-5-9-14(21)16(13)18/h1-9,16H,21H2/t16-/m1/s1. The molecule has 0 amide bonds. The normalized spacial score (nSPS) is 21.0. The fourth-order valence-electron chi connectivity index (χ4n) is 3.30. The molecular weight excluding hydrogens is 304 g/mol. The van der Waals surface area contributed by atoms with Crippen LogP contribution in [0.2, 0.25) is 0 Å². The molecule has 116 valence electrons. The van der Waals surface area contributed by atoms with E-state index in [2.05, 4.69) is 0 Å². The Morgan fingerprint density at radius 1 is 1.12 bits per heavy atom. The fourth-order valence-corrected chi connectivity index (χ4v) is 3.30. The number of rotatable bonds is 2. The molecule has 2 aliphatic rings. The number of nitrogens with two attached hydrogens (primary N) is 1. The molecule has 0 fully saturated rings. The average Bonchev–Trinajstić information content (AvgIpc) is 2.76. The number of allylic oxidation sites excluding steroid dienone is 7. The van der Waals surface area contributed by atoms with E-state index < -0.39 is 16.3 Å². The lowest BCUT2D eigenvalue weighted by Crippen LogP contribution is -2.30. The maximum Gasteiger partial charge on any atom is 0.279 e. The molecule has 0 unspecified atom stereocenters. The summed E-state index contributed by atoms with van der Waals surface area (Å²) in [5, 5.41) is 31.5. The monoisotopic (exact) mass is 316 g/mol. The van der Waals surface area contributed by atoms with Gasteiger partial charge in [-0.3, -0.25) is 10.1 Å². The van der Waals surface area contributed by atoms with Gasteiger partial charge in [0.25, 0.3) is 5.70 Å². The first-order chi connectivity index (χ1) is 11.6. The van der Waals surface area contributed by atoms with E-state index in [9.17, 15) is 20.6 Å². The van der Waals surface area contributed by atoms with Gasteiger partial charge in [-0.15, -0.1) is 0 Å². The van der Waals surface area contributed by atoms with Crippen LogP contribution in [0.1, 0.15) is 5.56 Å². The van der Waals surface area contributed by atoms with Crippen molar-refractivity contribution in [1.82, 2.24) is 0 Å². The van der Waals surface area contributed by atoms with Crippen molar-refractivity contribution >= 4 is 5.57 Å². The molecule has 0 aliphatic heterocycles. The third-order valence-corrected chi connectivity index (χ3v) is 4.26. The Morgan fingerprint density at radius 2 is 1.75 bits per heavy atom. The molecule has 2 aliphatic carbocycles. The van der Waals surface area contributed by atoms with Crippen molar-refractivity contribution < 1.29 is 4.92 Å². The highest BCUT2D eigenvalue weighted by molar-refractivity contribution is 5.85. The second-order valence-electron chi connectivity index (χ2n) is 5.48. The first-order valence-corrected chi connectivity index (χ1v) is 7.18. The van der Waals surface area contributed by atoms with Gasteiger partial charge >= 0.3 is 0 Å². The van der Waals surface area contributed by atoms with E-state index in [1.807, 2.05) is 12.1 Å². The van der Waals surface area contributed by atoms with E-state index in [1.165, 1.54) is 0 Å². The predicted molar refractivity (Wildman–Crippen MR) is 87.0 cm³/mol. The minimum Gasteiger partial charge on any atom is -0.401 e. The zero-order chi connectivity index (χ0) is 17.3. The van der Waals surface area contributed by atoms with Crippen LogP contribution in [0.15, 0.2) is 71.6 Å². The minimum atomic E-state index is -1.75. The van der Waals surface area contributed by atoms with Crippen LogP contribution >= 0.6 is 0 Å². The number of hydrogen-bond acceptors (Lipinski definition) is 5. The van der Waals surface area contributed by atoms with Gasteiger partial charge in [0.15, 0.2) is 5.41 Å². The van der Waals surface area contributed by atoms with Crippen LogP contribution in [-0.2, 0) is 0 Å². The zero-order valence-corrected chi connectivity index (χ0v) is 12.5. The van der Waals surface area contributed by atoms with Crippen LogP contribution in [0.3, 0.4) is 0 Å². The summed E-state index contributed by atoms with van der Waals surface area (Å²) in [5.41, 5.74) is 5.20. The Hall–Kier alpha value is -3.64. The number of hydrogen-bond donors (Lipinski definition) is 1. The number of nitrogens with zero attached hydrogens (tertiary/aromatic N) is 3. The topological polar surface area (TPSA) is 117 Å². The SMILES string of the molecule is N#CC1(C#N)C(c2ccccc2)=C([N+](=O)[O-])C2=CC=CC=C(N)[C@@H]21. The Balaban J connectivity index is 2.45. The van der Waals surface area contributed by atoms with Gasteiger partial charge in [-0.05, 0) is 11.6 Å². The van der Waals surface area contributed by atoms with E-state index >= 15 is 0 Å². The van der Waals surface area contributed by atoms with E-state index in [0.29, 0.717) is 5.56 Å². The number of nitriles is 2. The molecule has 0 heterocycles. The largest absolute Gasteiger partial charge is 0.401 e. The van der Waals surface area contributed by atoms with Crippen LogP contribution in [0, 0.1) is 44.1 Å². The lowest BCUT2D eigenvalue weighted by atomic mass is 9.72. The van der Waals surface area contributed by atoms with Gasteiger partial charge in [0.05, 0.1) is 28.6 Å². The van der Waals surface area contributed by atoms with Crippen LogP contribution in [0.5, 0.6) is 0 Å². The number of fused-ring (bicyclic) bond motifs is 1. The summed E-state index contributed by atoms with van der Waals surface area (Å²) in [6, 6.07) is 12.5. The van der Waals surface area contributed by atoms with Crippen LogP contribution < -0.4 is 5.73 Å². The van der Waals surface area contributed by atoms with Crippen molar-refractivity contribution in [2.75, 3.05) is 0 Å². The van der Waals surface area contributed by atoms with Crippen LogP contribution in [-0.4, -0.2) is 4.92 Å². The Kier molecular flexibility index (Phi) is 3.52. The molecule has 0 radical (unpaired) electrons. The minimum absolute atomic E-state index is 0.0981. The summed E-state index contributed by atoms with van der Waals surface area (Å²) >= 11 is 0. The Morgan fingerprint density at radius 3 is 2.33 bits per heavy atom. The first kappa shape index (κ1) is 15.3. The lowest BCUT2D eigenvalue weighted by molar-refractivity contribution is -0.419. The maximum absolute atomic E-state index is 11.8. The van der Waals surface area contributed by atoms with Gasteiger partial charge in [-0.1, -0.05) is 48.6 Å². The smallest absolute Gasteiger partial charge is 0.279 e. The van der Waals surface area contributed by atoms with E-state index in [1.54, 1.807) is 54.6 Å². The van der Waals surface area contributed by atoms with Crippen LogP contribution in [0.4, 0.5) is 0 Å². The molecule has 24 heavy (non-hydrogen) atoms. The van der Waals surface area contributed by atoms with Crippen molar-refractivity contribution in [3.05, 3.63) is 87.3 Å². The number of benzene rings is 1. The molecule has 0 saturated carbocycles. The van der Waals surface area contributed by atoms with Gasteiger partial charge in [-0.25, -0.2) is 0 Å². The van der Waals surface area contributed by atoms with Gasteiger partial charge in [-0.2, -0.15) is 10.5 Å². The van der Waals surface area contributed by atoms with Crippen LogP contribution in [0.25, 0.3) is 5.57 Å². The molecule has 1 aromatic rings. The van der Waals surface area contributed by atoms with E-state index in [-0.39, 0.29) is 22.5 Å². The van der Waals surface area contributed by atoms with Gasteiger partial charge < -0.3 is 5.73 Å². The van der Waals surface area contributed by atoms with E-state index in [0.717, 1.165) is 0 Å². The first-order valence-electron chi connectivity index (χ1n) is 7.18. The molecule has 0 saturated heterocycles. The maximum atomic E-state index is 11.8. The second kappa shape index (κ2) is 5.53. The third-order valence-electron chi connectivity index (χ3n) is 4.26. The Bertz CT molecular complexity index is 910. The summed E-state index contributed by atoms with van der Waals surface area (Å²) in [4.78, 5) is 11.2. The summed E-state index contributed by atoms with van der Waals surface area (Å²) < 4.78 is 0. The van der Waals surface area contributed by atoms with Gasteiger partial charge in [0.1, 0.15) is 0 Å². The number of nitro groups is 1. The Labute approximate surface area is 138 Å². The quantitative estimate of drug-likeness (QED) is 0.665.